The Balaban J connectivity index is 2.01. The average Bonchev–Trinajstić information content (AvgIpc) is 2.95. The summed E-state index contributed by atoms with van der Waals surface area (Å²) in [4.78, 5) is -0.652. The van der Waals surface area contributed by atoms with Crippen molar-refractivity contribution in [2.24, 2.45) is 0 Å². The molecule has 2 aromatic carbocycles. The molecule has 0 unspecified atom stereocenters. The summed E-state index contributed by atoms with van der Waals surface area (Å²) in [5.74, 6) is -1.47. The standard InChI is InChI=1S/C14H10ClF2N5O2S/c1-8-18-20-21-22(8)10-3-4-11(16)13(7-10)19-25(23,24)14-5-2-9(15)6-12(14)17/h2-7,19H,1H3. The van der Waals surface area contributed by atoms with Crippen LogP contribution < -0.4 is 4.72 Å². The van der Waals surface area contributed by atoms with Crippen LogP contribution in [0.15, 0.2) is 41.3 Å². The van der Waals surface area contributed by atoms with Crippen LogP contribution in [0, 0.1) is 18.6 Å². The summed E-state index contributed by atoms with van der Waals surface area (Å²) in [5, 5.41) is 10.9. The first-order chi connectivity index (χ1) is 11.8. The molecular weight excluding hydrogens is 376 g/mol. The molecule has 7 nitrogen and oxygen atoms in total. The predicted octanol–water partition coefficient (Wildman–Crippen LogP) is 2.70. The fourth-order valence-corrected chi connectivity index (χ4v) is 3.36. The van der Waals surface area contributed by atoms with Crippen molar-refractivity contribution >= 4 is 27.3 Å². The van der Waals surface area contributed by atoms with Crippen LogP contribution in [-0.2, 0) is 10.0 Å². The van der Waals surface area contributed by atoms with Crippen molar-refractivity contribution in [2.45, 2.75) is 11.8 Å². The van der Waals surface area contributed by atoms with E-state index in [2.05, 4.69) is 15.5 Å². The summed E-state index contributed by atoms with van der Waals surface area (Å²) in [5.41, 5.74) is -0.0417. The molecule has 1 aromatic heterocycles. The minimum atomic E-state index is -4.36. The van der Waals surface area contributed by atoms with E-state index in [1.54, 1.807) is 6.92 Å². The number of aromatic nitrogens is 4. The van der Waals surface area contributed by atoms with Gasteiger partial charge in [0.05, 0.1) is 11.4 Å². The first-order valence-electron chi connectivity index (χ1n) is 6.81. The fraction of sp³-hybridized carbons (Fsp3) is 0.0714. The molecular formula is C14H10ClF2N5O2S. The van der Waals surface area contributed by atoms with E-state index in [0.717, 1.165) is 18.2 Å². The summed E-state index contributed by atoms with van der Waals surface area (Å²) in [6, 6.07) is 6.69. The van der Waals surface area contributed by atoms with Crippen molar-refractivity contribution in [2.75, 3.05) is 4.72 Å². The zero-order valence-electron chi connectivity index (χ0n) is 12.6. The van der Waals surface area contributed by atoms with Crippen LogP contribution in [0.2, 0.25) is 5.02 Å². The maximum Gasteiger partial charge on any atom is 0.264 e. The molecule has 0 saturated carbocycles. The highest BCUT2D eigenvalue weighted by Crippen LogP contribution is 2.25. The van der Waals surface area contributed by atoms with Gasteiger partial charge >= 0.3 is 0 Å². The van der Waals surface area contributed by atoms with Gasteiger partial charge in [-0.25, -0.2) is 17.2 Å². The van der Waals surface area contributed by atoms with Gasteiger partial charge in [-0.05, 0) is 53.7 Å². The van der Waals surface area contributed by atoms with E-state index in [4.69, 9.17) is 11.6 Å². The molecule has 0 aliphatic carbocycles. The number of halogens is 3. The number of sulfonamides is 1. The topological polar surface area (TPSA) is 89.8 Å². The number of nitrogens with one attached hydrogen (secondary N) is 1. The van der Waals surface area contributed by atoms with Gasteiger partial charge in [-0.2, -0.15) is 4.68 Å². The normalized spacial score (nSPS) is 11.5. The van der Waals surface area contributed by atoms with E-state index < -0.39 is 26.6 Å². The molecule has 25 heavy (non-hydrogen) atoms. The zero-order chi connectivity index (χ0) is 18.2. The van der Waals surface area contributed by atoms with E-state index >= 15 is 0 Å². The third-order valence-corrected chi connectivity index (χ3v) is 4.88. The molecule has 0 saturated heterocycles. The van der Waals surface area contributed by atoms with Crippen LogP contribution in [-0.4, -0.2) is 28.6 Å². The second-order valence-corrected chi connectivity index (χ2v) is 7.07. The lowest BCUT2D eigenvalue weighted by molar-refractivity contribution is 0.569. The smallest absolute Gasteiger partial charge is 0.264 e. The van der Waals surface area contributed by atoms with Gasteiger partial charge < -0.3 is 0 Å². The zero-order valence-corrected chi connectivity index (χ0v) is 14.2. The van der Waals surface area contributed by atoms with Crippen molar-refractivity contribution in [3.63, 3.8) is 0 Å². The Labute approximate surface area is 146 Å². The summed E-state index contributed by atoms with van der Waals surface area (Å²) >= 11 is 5.61. The Morgan fingerprint density at radius 3 is 2.52 bits per heavy atom. The highest BCUT2D eigenvalue weighted by atomic mass is 35.5. The van der Waals surface area contributed by atoms with Crippen LogP contribution >= 0.6 is 11.6 Å². The average molecular weight is 386 g/mol. The van der Waals surface area contributed by atoms with Crippen molar-refractivity contribution in [3.8, 4) is 5.69 Å². The second kappa shape index (κ2) is 6.37. The molecule has 0 aliphatic rings. The number of benzene rings is 2. The van der Waals surface area contributed by atoms with Crippen LogP contribution in [0.5, 0.6) is 0 Å². The molecule has 0 fully saturated rings. The van der Waals surface area contributed by atoms with Crippen molar-refractivity contribution in [3.05, 3.63) is 58.9 Å². The van der Waals surface area contributed by atoms with E-state index in [0.29, 0.717) is 11.5 Å². The Bertz CT molecular complexity index is 1060. The highest BCUT2D eigenvalue weighted by molar-refractivity contribution is 7.92. The van der Waals surface area contributed by atoms with Crippen molar-refractivity contribution in [1.29, 1.82) is 0 Å². The van der Waals surface area contributed by atoms with E-state index in [1.165, 1.54) is 22.9 Å². The van der Waals surface area contributed by atoms with Gasteiger partial charge in [0, 0.05) is 5.02 Å². The van der Waals surface area contributed by atoms with E-state index in [1.807, 2.05) is 4.72 Å². The highest BCUT2D eigenvalue weighted by Gasteiger charge is 2.21. The van der Waals surface area contributed by atoms with Gasteiger partial charge in [-0.1, -0.05) is 11.6 Å². The van der Waals surface area contributed by atoms with Gasteiger partial charge in [0.1, 0.15) is 16.5 Å². The first-order valence-corrected chi connectivity index (χ1v) is 8.67. The molecule has 3 rings (SSSR count). The molecule has 1 heterocycles. The third-order valence-electron chi connectivity index (χ3n) is 3.25. The molecule has 130 valence electrons. The lowest BCUT2D eigenvalue weighted by atomic mass is 10.2. The molecule has 0 radical (unpaired) electrons. The summed E-state index contributed by atoms with van der Waals surface area (Å²) in [7, 11) is -4.36. The van der Waals surface area contributed by atoms with Gasteiger partial charge in [0.2, 0.25) is 0 Å². The van der Waals surface area contributed by atoms with Crippen molar-refractivity contribution < 1.29 is 17.2 Å². The maximum atomic E-state index is 14.0. The summed E-state index contributed by atoms with van der Waals surface area (Å²) in [6.45, 7) is 1.62. The van der Waals surface area contributed by atoms with Crippen LogP contribution in [0.4, 0.5) is 14.5 Å². The lowest BCUT2D eigenvalue weighted by Gasteiger charge is -2.11. The molecule has 0 bridgehead atoms. The SMILES string of the molecule is Cc1nnnn1-c1ccc(F)c(NS(=O)(=O)c2ccc(Cl)cc2F)c1. The van der Waals surface area contributed by atoms with Crippen molar-refractivity contribution in [1.82, 2.24) is 20.2 Å². The maximum absolute atomic E-state index is 14.0. The van der Waals surface area contributed by atoms with Crippen LogP contribution in [0.1, 0.15) is 5.82 Å². The third kappa shape index (κ3) is 3.44. The first kappa shape index (κ1) is 17.2. The van der Waals surface area contributed by atoms with Gasteiger partial charge in [0.15, 0.2) is 5.82 Å². The lowest BCUT2D eigenvalue weighted by Crippen LogP contribution is -2.16. The monoisotopic (exact) mass is 385 g/mol. The Morgan fingerprint density at radius 1 is 1.12 bits per heavy atom. The largest absolute Gasteiger partial charge is 0.276 e. The number of rotatable bonds is 4. The summed E-state index contributed by atoms with van der Waals surface area (Å²) in [6.07, 6.45) is 0. The number of tetrazole rings is 1. The molecule has 11 heteroatoms. The molecule has 1 N–H and O–H groups in total. The molecule has 0 aliphatic heterocycles. The second-order valence-electron chi connectivity index (χ2n) is 4.98. The predicted molar refractivity (Wildman–Crippen MR) is 86.1 cm³/mol. The molecule has 0 spiro atoms. The van der Waals surface area contributed by atoms with Gasteiger partial charge in [-0.3, -0.25) is 4.72 Å². The molecule has 3 aromatic rings. The quantitative estimate of drug-likeness (QED) is 0.745. The number of anilines is 1. The minimum Gasteiger partial charge on any atom is -0.276 e. The van der Waals surface area contributed by atoms with Gasteiger partial charge in [0.25, 0.3) is 10.0 Å². The summed E-state index contributed by atoms with van der Waals surface area (Å²) < 4.78 is 55.9. The number of hydrogen-bond donors (Lipinski definition) is 1. The minimum absolute atomic E-state index is 0.0405. The molecule has 0 amide bonds. The van der Waals surface area contributed by atoms with Crippen LogP contribution in [0.25, 0.3) is 5.69 Å². The number of hydrogen-bond acceptors (Lipinski definition) is 5. The number of aryl methyl sites for hydroxylation is 1. The van der Waals surface area contributed by atoms with E-state index in [-0.39, 0.29) is 10.7 Å². The Morgan fingerprint density at radius 2 is 1.88 bits per heavy atom. The fourth-order valence-electron chi connectivity index (χ4n) is 2.09. The van der Waals surface area contributed by atoms with Gasteiger partial charge in [-0.15, -0.1) is 5.10 Å². The molecule has 0 atom stereocenters. The van der Waals surface area contributed by atoms with Crippen LogP contribution in [0.3, 0.4) is 0 Å². The Hall–Kier alpha value is -2.59. The Kier molecular flexibility index (Phi) is 4.39. The van der Waals surface area contributed by atoms with E-state index in [9.17, 15) is 17.2 Å². The number of nitrogens with zero attached hydrogens (tertiary/aromatic N) is 4.